The van der Waals surface area contributed by atoms with E-state index >= 15 is 0 Å². The fourth-order valence-corrected chi connectivity index (χ4v) is 2.53. The Kier molecular flexibility index (Phi) is 4.35. The van der Waals surface area contributed by atoms with Crippen molar-refractivity contribution >= 4 is 34.2 Å². The van der Waals surface area contributed by atoms with Crippen LogP contribution in [0.5, 0.6) is 5.75 Å². The summed E-state index contributed by atoms with van der Waals surface area (Å²) in [4.78, 5) is 24.4. The first-order chi connectivity index (χ1) is 11.6. The SMILES string of the molecule is O=C(NNC(=O)c1cccc2ccccc12)c1cc(Cl)ccc1O. The predicted octanol–water partition coefficient (Wildman–Crippen LogP) is 3.27. The molecule has 0 saturated carbocycles. The van der Waals surface area contributed by atoms with Gasteiger partial charge in [0.25, 0.3) is 11.8 Å². The minimum absolute atomic E-state index is 0.0271. The molecule has 0 heterocycles. The van der Waals surface area contributed by atoms with Gasteiger partial charge in [-0.2, -0.15) is 0 Å². The molecule has 3 N–H and O–H groups in total. The lowest BCUT2D eigenvalue weighted by Crippen LogP contribution is -2.41. The number of fused-ring (bicyclic) bond motifs is 1. The normalized spacial score (nSPS) is 10.4. The molecule has 0 fully saturated rings. The van der Waals surface area contributed by atoms with Crippen LogP contribution < -0.4 is 10.9 Å². The third kappa shape index (κ3) is 3.16. The maximum Gasteiger partial charge on any atom is 0.273 e. The van der Waals surface area contributed by atoms with Gasteiger partial charge in [-0.05, 0) is 35.0 Å². The lowest BCUT2D eigenvalue weighted by atomic mass is 10.0. The molecule has 0 aliphatic heterocycles. The summed E-state index contributed by atoms with van der Waals surface area (Å²) < 4.78 is 0. The Morgan fingerprint density at radius 1 is 0.833 bits per heavy atom. The maximum absolute atomic E-state index is 12.3. The van der Waals surface area contributed by atoms with E-state index in [0.29, 0.717) is 10.6 Å². The highest BCUT2D eigenvalue weighted by molar-refractivity contribution is 6.31. The van der Waals surface area contributed by atoms with Gasteiger partial charge in [0.05, 0.1) is 5.56 Å². The number of halogens is 1. The Bertz CT molecular complexity index is 935. The first-order valence-electron chi connectivity index (χ1n) is 7.13. The van der Waals surface area contributed by atoms with Crippen molar-refractivity contribution in [1.82, 2.24) is 10.9 Å². The van der Waals surface area contributed by atoms with E-state index in [1.54, 1.807) is 12.1 Å². The molecule has 0 bridgehead atoms. The van der Waals surface area contributed by atoms with Crippen molar-refractivity contribution < 1.29 is 14.7 Å². The molecule has 3 aromatic carbocycles. The van der Waals surface area contributed by atoms with Crippen LogP contribution in [0.2, 0.25) is 5.02 Å². The summed E-state index contributed by atoms with van der Waals surface area (Å²) in [5.74, 6) is -1.35. The second-order valence-electron chi connectivity index (χ2n) is 5.10. The first-order valence-corrected chi connectivity index (χ1v) is 7.51. The van der Waals surface area contributed by atoms with Gasteiger partial charge in [0.2, 0.25) is 0 Å². The van der Waals surface area contributed by atoms with Crippen molar-refractivity contribution in [3.05, 3.63) is 76.8 Å². The number of rotatable bonds is 2. The molecule has 0 atom stereocenters. The topological polar surface area (TPSA) is 78.4 Å². The molecule has 120 valence electrons. The van der Waals surface area contributed by atoms with Gasteiger partial charge >= 0.3 is 0 Å². The number of phenolic OH excluding ortho intramolecular Hbond substituents is 1. The van der Waals surface area contributed by atoms with Crippen LogP contribution in [-0.2, 0) is 0 Å². The van der Waals surface area contributed by atoms with E-state index in [1.165, 1.54) is 18.2 Å². The quantitative estimate of drug-likeness (QED) is 0.626. The number of hydrogen-bond donors (Lipinski definition) is 3. The van der Waals surface area contributed by atoms with Gasteiger partial charge in [0, 0.05) is 10.6 Å². The van der Waals surface area contributed by atoms with E-state index in [4.69, 9.17) is 11.6 Å². The molecule has 6 heteroatoms. The number of aromatic hydroxyl groups is 1. The van der Waals surface area contributed by atoms with Crippen molar-refractivity contribution in [3.63, 3.8) is 0 Å². The van der Waals surface area contributed by atoms with Gasteiger partial charge < -0.3 is 5.11 Å². The van der Waals surface area contributed by atoms with Crippen molar-refractivity contribution in [3.8, 4) is 5.75 Å². The summed E-state index contributed by atoms with van der Waals surface area (Å²) in [6, 6.07) is 16.9. The molecule has 0 unspecified atom stereocenters. The van der Waals surface area contributed by atoms with E-state index in [1.807, 2.05) is 30.3 Å². The zero-order valence-corrected chi connectivity index (χ0v) is 13.2. The Morgan fingerprint density at radius 3 is 2.29 bits per heavy atom. The molecule has 24 heavy (non-hydrogen) atoms. The molecule has 3 aromatic rings. The Morgan fingerprint density at radius 2 is 1.50 bits per heavy atom. The lowest BCUT2D eigenvalue weighted by Gasteiger charge is -2.10. The number of amides is 2. The highest BCUT2D eigenvalue weighted by Crippen LogP contribution is 2.21. The minimum Gasteiger partial charge on any atom is -0.507 e. The van der Waals surface area contributed by atoms with Crippen molar-refractivity contribution in [1.29, 1.82) is 0 Å². The maximum atomic E-state index is 12.3. The van der Waals surface area contributed by atoms with Gasteiger partial charge in [0.15, 0.2) is 0 Å². The van der Waals surface area contributed by atoms with Crippen LogP contribution in [0.25, 0.3) is 10.8 Å². The molecule has 0 aliphatic carbocycles. The van der Waals surface area contributed by atoms with Crippen molar-refractivity contribution in [2.75, 3.05) is 0 Å². The molecular formula is C18H13ClN2O3. The zero-order valence-electron chi connectivity index (χ0n) is 12.4. The number of hydrazine groups is 1. The zero-order chi connectivity index (χ0) is 17.1. The van der Waals surface area contributed by atoms with Gasteiger partial charge in [-0.3, -0.25) is 20.4 Å². The van der Waals surface area contributed by atoms with Crippen LogP contribution in [-0.4, -0.2) is 16.9 Å². The first kappa shape index (κ1) is 15.8. The Hall–Kier alpha value is -3.05. The molecule has 0 radical (unpaired) electrons. The standard InChI is InChI=1S/C18H13ClN2O3/c19-12-8-9-16(22)15(10-12)18(24)21-20-17(23)14-7-3-5-11-4-1-2-6-13(11)14/h1-10,22H,(H,20,23)(H,21,24). The number of carbonyl (C=O) groups excluding carboxylic acids is 2. The lowest BCUT2D eigenvalue weighted by molar-refractivity contribution is 0.0846. The van der Waals surface area contributed by atoms with Crippen LogP contribution >= 0.6 is 11.6 Å². The molecule has 5 nitrogen and oxygen atoms in total. The van der Waals surface area contributed by atoms with Gasteiger partial charge in [0.1, 0.15) is 5.75 Å². The molecule has 2 amide bonds. The highest BCUT2D eigenvalue weighted by atomic mass is 35.5. The summed E-state index contributed by atoms with van der Waals surface area (Å²) in [5, 5.41) is 11.7. The minimum atomic E-state index is -0.663. The second-order valence-corrected chi connectivity index (χ2v) is 5.53. The van der Waals surface area contributed by atoms with Crippen LogP contribution in [0, 0.1) is 0 Å². The third-order valence-corrected chi connectivity index (χ3v) is 3.76. The van der Waals surface area contributed by atoms with E-state index < -0.39 is 11.8 Å². The summed E-state index contributed by atoms with van der Waals surface area (Å²) >= 11 is 5.81. The average Bonchev–Trinajstić information content (AvgIpc) is 2.61. The van der Waals surface area contributed by atoms with Crippen LogP contribution in [0.3, 0.4) is 0 Å². The Labute approximate surface area is 142 Å². The van der Waals surface area contributed by atoms with Crippen molar-refractivity contribution in [2.24, 2.45) is 0 Å². The molecule has 3 rings (SSSR count). The molecule has 0 aliphatic rings. The fourth-order valence-electron chi connectivity index (χ4n) is 2.36. The van der Waals surface area contributed by atoms with Gasteiger partial charge in [-0.15, -0.1) is 0 Å². The highest BCUT2D eigenvalue weighted by Gasteiger charge is 2.14. The summed E-state index contributed by atoms with van der Waals surface area (Å²) in [6.45, 7) is 0. The molecule has 0 aromatic heterocycles. The smallest absolute Gasteiger partial charge is 0.273 e. The van der Waals surface area contributed by atoms with Gasteiger partial charge in [-0.25, -0.2) is 0 Å². The number of phenols is 1. The summed E-state index contributed by atoms with van der Waals surface area (Å²) in [6.07, 6.45) is 0. The molecule has 0 saturated heterocycles. The van der Waals surface area contributed by atoms with E-state index in [2.05, 4.69) is 10.9 Å². The number of hydrogen-bond acceptors (Lipinski definition) is 3. The third-order valence-electron chi connectivity index (χ3n) is 3.53. The average molecular weight is 341 g/mol. The number of carbonyl (C=O) groups is 2. The van der Waals surface area contributed by atoms with E-state index in [9.17, 15) is 14.7 Å². The van der Waals surface area contributed by atoms with E-state index in [0.717, 1.165) is 10.8 Å². The largest absolute Gasteiger partial charge is 0.507 e. The Balaban J connectivity index is 1.78. The molecular weight excluding hydrogens is 328 g/mol. The van der Waals surface area contributed by atoms with E-state index in [-0.39, 0.29) is 11.3 Å². The summed E-state index contributed by atoms with van der Waals surface area (Å²) in [7, 11) is 0. The monoisotopic (exact) mass is 340 g/mol. The van der Waals surface area contributed by atoms with Crippen LogP contribution in [0.15, 0.2) is 60.7 Å². The molecule has 0 spiro atoms. The second kappa shape index (κ2) is 6.60. The summed E-state index contributed by atoms with van der Waals surface area (Å²) in [5.41, 5.74) is 5.02. The number of nitrogens with one attached hydrogen (secondary N) is 2. The van der Waals surface area contributed by atoms with Gasteiger partial charge in [-0.1, -0.05) is 48.0 Å². The number of benzene rings is 3. The van der Waals surface area contributed by atoms with Crippen LogP contribution in [0.1, 0.15) is 20.7 Å². The predicted molar refractivity (Wildman–Crippen MR) is 92.0 cm³/mol. The fraction of sp³-hybridized carbons (Fsp3) is 0. The van der Waals surface area contributed by atoms with Crippen molar-refractivity contribution in [2.45, 2.75) is 0 Å². The van der Waals surface area contributed by atoms with Crippen LogP contribution in [0.4, 0.5) is 0 Å².